The molecule has 3 aromatic rings. The van der Waals surface area contributed by atoms with Crippen LogP contribution in [-0.4, -0.2) is 30.1 Å². The van der Waals surface area contributed by atoms with Crippen molar-refractivity contribution in [1.29, 1.82) is 0 Å². The van der Waals surface area contributed by atoms with Crippen LogP contribution in [0.5, 0.6) is 11.5 Å². The smallest absolute Gasteiger partial charge is 0.265 e. The van der Waals surface area contributed by atoms with Gasteiger partial charge in [-0.2, -0.15) is 0 Å². The lowest BCUT2D eigenvalue weighted by Gasteiger charge is -2.08. The van der Waals surface area contributed by atoms with E-state index in [0.717, 1.165) is 16.6 Å². The van der Waals surface area contributed by atoms with Crippen molar-refractivity contribution >= 4 is 16.9 Å². The van der Waals surface area contributed by atoms with Crippen LogP contribution < -0.4 is 20.7 Å². The third-order valence-electron chi connectivity index (χ3n) is 3.53. The monoisotopic (exact) mass is 312 g/mol. The molecule has 3 rings (SSSR count). The highest BCUT2D eigenvalue weighted by atomic mass is 16.5. The van der Waals surface area contributed by atoms with Crippen molar-refractivity contribution in [1.82, 2.24) is 15.4 Å². The zero-order chi connectivity index (χ0) is 16.4. The van der Waals surface area contributed by atoms with E-state index in [0.29, 0.717) is 22.9 Å². The summed E-state index contributed by atoms with van der Waals surface area (Å²) < 4.78 is 10.5. The van der Waals surface area contributed by atoms with Crippen LogP contribution >= 0.6 is 0 Å². The van der Waals surface area contributed by atoms with Crippen LogP contribution in [0.15, 0.2) is 36.4 Å². The maximum Gasteiger partial charge on any atom is 0.265 e. The minimum atomic E-state index is -0.353. The summed E-state index contributed by atoms with van der Waals surface area (Å²) in [5.74, 6) is 6.74. The Morgan fingerprint density at radius 2 is 1.91 bits per heavy atom. The molecule has 0 bridgehead atoms. The molecular formula is C16H16N4O3. The molecule has 1 amide bonds. The van der Waals surface area contributed by atoms with Gasteiger partial charge in [0.25, 0.3) is 5.91 Å². The SMILES string of the molecule is COc1ccc(-c2nc3ccc(C(=O)NN)cc3[nH]2)cc1OC. The van der Waals surface area contributed by atoms with E-state index in [1.54, 1.807) is 32.4 Å². The highest BCUT2D eigenvalue weighted by molar-refractivity contribution is 5.97. The summed E-state index contributed by atoms with van der Waals surface area (Å²) in [6.07, 6.45) is 0. The summed E-state index contributed by atoms with van der Waals surface area (Å²) in [5, 5.41) is 0. The first-order valence-electron chi connectivity index (χ1n) is 6.89. The van der Waals surface area contributed by atoms with Gasteiger partial charge >= 0.3 is 0 Å². The Hall–Kier alpha value is -3.06. The highest BCUT2D eigenvalue weighted by Crippen LogP contribution is 2.32. The molecule has 0 radical (unpaired) electrons. The molecule has 0 unspecified atom stereocenters. The van der Waals surface area contributed by atoms with Crippen molar-refractivity contribution in [3.8, 4) is 22.9 Å². The van der Waals surface area contributed by atoms with E-state index in [2.05, 4.69) is 15.4 Å². The van der Waals surface area contributed by atoms with Crippen LogP contribution in [-0.2, 0) is 0 Å². The summed E-state index contributed by atoms with van der Waals surface area (Å²) >= 11 is 0. The molecule has 1 aromatic heterocycles. The van der Waals surface area contributed by atoms with Gasteiger partial charge in [0, 0.05) is 11.1 Å². The van der Waals surface area contributed by atoms with Gasteiger partial charge in [-0.25, -0.2) is 10.8 Å². The second-order valence-electron chi connectivity index (χ2n) is 4.86. The molecule has 0 atom stereocenters. The Morgan fingerprint density at radius 3 is 2.61 bits per heavy atom. The fourth-order valence-electron chi connectivity index (χ4n) is 2.35. The number of hydrogen-bond acceptors (Lipinski definition) is 5. The van der Waals surface area contributed by atoms with E-state index < -0.39 is 0 Å². The Kier molecular flexibility index (Phi) is 3.86. The standard InChI is InChI=1S/C16H16N4O3/c1-22-13-6-4-9(8-14(13)23-2)15-18-11-5-3-10(16(21)20-17)7-12(11)19-15/h3-8H,17H2,1-2H3,(H,18,19)(H,20,21). The molecule has 7 heteroatoms. The molecule has 23 heavy (non-hydrogen) atoms. The van der Waals surface area contributed by atoms with Gasteiger partial charge in [0.2, 0.25) is 0 Å². The second-order valence-corrected chi connectivity index (χ2v) is 4.86. The number of imidazole rings is 1. The molecule has 0 fully saturated rings. The molecule has 4 N–H and O–H groups in total. The van der Waals surface area contributed by atoms with Crippen LogP contribution in [0, 0.1) is 0 Å². The number of nitrogens with two attached hydrogens (primary N) is 1. The summed E-state index contributed by atoms with van der Waals surface area (Å²) in [7, 11) is 3.17. The molecule has 0 aliphatic carbocycles. The number of nitrogen functional groups attached to an aromatic ring is 1. The number of aromatic nitrogens is 2. The number of fused-ring (bicyclic) bond motifs is 1. The Bertz CT molecular complexity index is 873. The van der Waals surface area contributed by atoms with Crippen molar-refractivity contribution < 1.29 is 14.3 Å². The van der Waals surface area contributed by atoms with Crippen LogP contribution in [0.25, 0.3) is 22.4 Å². The molecule has 0 spiro atoms. The fraction of sp³-hybridized carbons (Fsp3) is 0.125. The third kappa shape index (κ3) is 2.69. The quantitative estimate of drug-likeness (QED) is 0.387. The van der Waals surface area contributed by atoms with Crippen molar-refractivity contribution in [3.63, 3.8) is 0 Å². The third-order valence-corrected chi connectivity index (χ3v) is 3.53. The van der Waals surface area contributed by atoms with Crippen LogP contribution in [0.2, 0.25) is 0 Å². The summed E-state index contributed by atoms with van der Waals surface area (Å²) in [6, 6.07) is 10.7. The highest BCUT2D eigenvalue weighted by Gasteiger charge is 2.11. The molecule has 0 aliphatic heterocycles. The topological polar surface area (TPSA) is 102 Å². The van der Waals surface area contributed by atoms with Gasteiger partial charge < -0.3 is 14.5 Å². The molecule has 7 nitrogen and oxygen atoms in total. The molecule has 118 valence electrons. The first kappa shape index (κ1) is 14.9. The number of hydrazine groups is 1. The first-order chi connectivity index (χ1) is 11.2. The number of rotatable bonds is 4. The van der Waals surface area contributed by atoms with E-state index in [4.69, 9.17) is 15.3 Å². The zero-order valence-corrected chi connectivity index (χ0v) is 12.7. The number of benzene rings is 2. The maximum absolute atomic E-state index is 11.6. The molecule has 2 aromatic carbocycles. The fourth-order valence-corrected chi connectivity index (χ4v) is 2.35. The lowest BCUT2D eigenvalue weighted by atomic mass is 10.2. The molecule has 0 saturated heterocycles. The van der Waals surface area contributed by atoms with Crippen molar-refractivity contribution in [2.24, 2.45) is 5.84 Å². The normalized spacial score (nSPS) is 10.6. The summed E-state index contributed by atoms with van der Waals surface area (Å²) in [5.41, 5.74) is 4.92. The van der Waals surface area contributed by atoms with Gasteiger partial charge in [-0.3, -0.25) is 10.2 Å². The lowest BCUT2D eigenvalue weighted by molar-refractivity contribution is 0.0954. The van der Waals surface area contributed by atoms with E-state index in [1.165, 1.54) is 0 Å². The predicted molar refractivity (Wildman–Crippen MR) is 86.3 cm³/mol. The summed E-state index contributed by atoms with van der Waals surface area (Å²) in [6.45, 7) is 0. The Morgan fingerprint density at radius 1 is 1.13 bits per heavy atom. The van der Waals surface area contributed by atoms with Gasteiger partial charge in [0.05, 0.1) is 25.3 Å². The average Bonchev–Trinajstić information content (AvgIpc) is 3.03. The molecule has 0 saturated carbocycles. The van der Waals surface area contributed by atoms with Crippen molar-refractivity contribution in [3.05, 3.63) is 42.0 Å². The number of nitrogens with one attached hydrogen (secondary N) is 2. The second kappa shape index (κ2) is 5.98. The molecule has 1 heterocycles. The number of amides is 1. The predicted octanol–water partition coefficient (Wildman–Crippen LogP) is 1.85. The van der Waals surface area contributed by atoms with Gasteiger partial charge in [0.15, 0.2) is 11.5 Å². The number of ether oxygens (including phenoxy) is 2. The number of aromatic amines is 1. The first-order valence-corrected chi connectivity index (χ1v) is 6.89. The minimum absolute atomic E-state index is 0.353. The number of carbonyl (C=O) groups excluding carboxylic acids is 1. The zero-order valence-electron chi connectivity index (χ0n) is 12.7. The van der Waals surface area contributed by atoms with Crippen molar-refractivity contribution in [2.75, 3.05) is 14.2 Å². The van der Waals surface area contributed by atoms with E-state index in [9.17, 15) is 4.79 Å². The minimum Gasteiger partial charge on any atom is -0.493 e. The number of hydrogen-bond donors (Lipinski definition) is 3. The van der Waals surface area contributed by atoms with Crippen molar-refractivity contribution in [2.45, 2.75) is 0 Å². The lowest BCUT2D eigenvalue weighted by Crippen LogP contribution is -2.29. The number of carbonyl (C=O) groups is 1. The summed E-state index contributed by atoms with van der Waals surface area (Å²) in [4.78, 5) is 19.3. The molecule has 0 aliphatic rings. The van der Waals surface area contributed by atoms with E-state index >= 15 is 0 Å². The maximum atomic E-state index is 11.6. The number of H-pyrrole nitrogens is 1. The average molecular weight is 312 g/mol. The largest absolute Gasteiger partial charge is 0.493 e. The van der Waals surface area contributed by atoms with Gasteiger partial charge in [-0.05, 0) is 36.4 Å². The Balaban J connectivity index is 2.05. The van der Waals surface area contributed by atoms with Gasteiger partial charge in [-0.1, -0.05) is 0 Å². The number of methoxy groups -OCH3 is 2. The van der Waals surface area contributed by atoms with Gasteiger partial charge in [-0.15, -0.1) is 0 Å². The number of nitrogens with zero attached hydrogens (tertiary/aromatic N) is 1. The van der Waals surface area contributed by atoms with Crippen LogP contribution in [0.3, 0.4) is 0 Å². The van der Waals surface area contributed by atoms with E-state index in [-0.39, 0.29) is 5.91 Å². The van der Waals surface area contributed by atoms with E-state index in [1.807, 2.05) is 18.2 Å². The van der Waals surface area contributed by atoms with Crippen LogP contribution in [0.1, 0.15) is 10.4 Å². The Labute approximate surface area is 132 Å². The van der Waals surface area contributed by atoms with Gasteiger partial charge in [0.1, 0.15) is 5.82 Å². The molecular weight excluding hydrogens is 296 g/mol. The van der Waals surface area contributed by atoms with Crippen LogP contribution in [0.4, 0.5) is 0 Å².